The zero-order valence-electron chi connectivity index (χ0n) is 36.6. The summed E-state index contributed by atoms with van der Waals surface area (Å²) in [6, 6.07) is 92.2. The fourth-order valence-electron chi connectivity index (χ4n) is 11.2. The van der Waals surface area contributed by atoms with Gasteiger partial charge in [-0.1, -0.05) is 232 Å². The zero-order chi connectivity index (χ0) is 43.5. The van der Waals surface area contributed by atoms with Crippen molar-refractivity contribution >= 4 is 17.1 Å². The third-order valence-electron chi connectivity index (χ3n) is 14.2. The minimum Gasteiger partial charge on any atom is -0.310 e. The molecule has 0 saturated carbocycles. The van der Waals surface area contributed by atoms with E-state index in [4.69, 9.17) is 0 Å². The Morgan fingerprint density at radius 2 is 0.785 bits per heavy atom. The van der Waals surface area contributed by atoms with Crippen LogP contribution in [0, 0.1) is 0 Å². The van der Waals surface area contributed by atoms with E-state index in [0.717, 1.165) is 17.1 Å². The molecule has 1 nitrogen and oxygen atoms in total. The van der Waals surface area contributed by atoms with E-state index >= 15 is 0 Å². The van der Waals surface area contributed by atoms with E-state index in [-0.39, 0.29) is 5.41 Å². The molecule has 2 aliphatic carbocycles. The monoisotopic (exact) mass is 829 g/mol. The smallest absolute Gasteiger partial charge is 0.0714 e. The maximum atomic E-state index is 2.51. The second kappa shape index (κ2) is 15.4. The summed E-state index contributed by atoms with van der Waals surface area (Å²) in [4.78, 5) is 2.51. The SMILES string of the molecule is CC1(C)c2ccccc2-c2cc(N(c3ccc4c(c3)C(c3ccccc3)(c3ccc(-c5ccccc5)cc3)c3cccc(-c5ccccc5)c3-4)c3ccccc3-c3ccccc3)ccc21. The van der Waals surface area contributed by atoms with Gasteiger partial charge in [0, 0.05) is 22.4 Å². The first kappa shape index (κ1) is 38.7. The lowest BCUT2D eigenvalue weighted by Crippen LogP contribution is -2.29. The second-order valence-electron chi connectivity index (χ2n) is 18.0. The highest BCUT2D eigenvalue weighted by Gasteiger charge is 2.47. The molecule has 1 unspecified atom stereocenters. The van der Waals surface area contributed by atoms with E-state index in [1.54, 1.807) is 0 Å². The molecular weight excluding hydrogens is 783 g/mol. The number of benzene rings is 10. The van der Waals surface area contributed by atoms with Crippen LogP contribution in [0.1, 0.15) is 47.2 Å². The molecule has 308 valence electrons. The first-order valence-corrected chi connectivity index (χ1v) is 22.8. The van der Waals surface area contributed by atoms with Crippen molar-refractivity contribution in [1.82, 2.24) is 0 Å². The van der Waals surface area contributed by atoms with E-state index in [0.29, 0.717) is 0 Å². The highest BCUT2D eigenvalue weighted by Crippen LogP contribution is 2.60. The Morgan fingerprint density at radius 1 is 0.292 bits per heavy atom. The maximum absolute atomic E-state index is 2.51. The average molecular weight is 830 g/mol. The van der Waals surface area contributed by atoms with Gasteiger partial charge in [0.15, 0.2) is 0 Å². The van der Waals surface area contributed by atoms with Gasteiger partial charge in [-0.05, 0) is 114 Å². The highest BCUT2D eigenvalue weighted by molar-refractivity contribution is 5.98. The molecule has 0 aromatic heterocycles. The number of hydrogen-bond acceptors (Lipinski definition) is 1. The zero-order valence-corrected chi connectivity index (χ0v) is 36.6. The Balaban J connectivity index is 1.15. The predicted octanol–water partition coefficient (Wildman–Crippen LogP) is 16.8. The number of para-hydroxylation sites is 1. The topological polar surface area (TPSA) is 3.24 Å². The van der Waals surface area contributed by atoms with Crippen molar-refractivity contribution in [2.24, 2.45) is 0 Å². The van der Waals surface area contributed by atoms with Crippen LogP contribution < -0.4 is 4.90 Å². The molecule has 0 spiro atoms. The number of anilines is 3. The lowest BCUT2D eigenvalue weighted by molar-refractivity contribution is 0.660. The molecule has 10 aromatic carbocycles. The Bertz CT molecular complexity index is 3370. The summed E-state index contributed by atoms with van der Waals surface area (Å²) >= 11 is 0. The molecule has 1 heteroatoms. The molecule has 0 amide bonds. The van der Waals surface area contributed by atoms with E-state index in [2.05, 4.69) is 267 Å². The summed E-state index contributed by atoms with van der Waals surface area (Å²) in [7, 11) is 0. The van der Waals surface area contributed by atoms with Gasteiger partial charge in [0.25, 0.3) is 0 Å². The summed E-state index contributed by atoms with van der Waals surface area (Å²) in [5.74, 6) is 0. The minimum atomic E-state index is -0.631. The summed E-state index contributed by atoms with van der Waals surface area (Å²) in [6.07, 6.45) is 0. The summed E-state index contributed by atoms with van der Waals surface area (Å²) < 4.78 is 0. The van der Waals surface area contributed by atoms with Crippen LogP contribution in [0.4, 0.5) is 17.1 Å². The lowest BCUT2D eigenvalue weighted by atomic mass is 9.67. The second-order valence-corrected chi connectivity index (χ2v) is 18.0. The first-order chi connectivity index (χ1) is 32.0. The molecule has 2 aliphatic rings. The van der Waals surface area contributed by atoms with Crippen LogP contribution in [-0.4, -0.2) is 0 Å². The Hall–Kier alpha value is -8.00. The maximum Gasteiger partial charge on any atom is 0.0714 e. The average Bonchev–Trinajstić information content (AvgIpc) is 3.80. The van der Waals surface area contributed by atoms with Gasteiger partial charge in [-0.3, -0.25) is 0 Å². The Morgan fingerprint density at radius 3 is 1.49 bits per heavy atom. The van der Waals surface area contributed by atoms with Gasteiger partial charge >= 0.3 is 0 Å². The quantitative estimate of drug-likeness (QED) is 0.147. The van der Waals surface area contributed by atoms with Crippen LogP contribution in [0.5, 0.6) is 0 Å². The molecule has 1 atom stereocenters. The molecule has 0 heterocycles. The number of rotatable bonds is 8. The minimum absolute atomic E-state index is 0.0988. The van der Waals surface area contributed by atoms with Gasteiger partial charge in [-0.25, -0.2) is 0 Å². The number of hydrogen-bond donors (Lipinski definition) is 0. The van der Waals surface area contributed by atoms with Gasteiger partial charge in [0.1, 0.15) is 0 Å². The fourth-order valence-corrected chi connectivity index (χ4v) is 11.2. The molecule has 0 aliphatic heterocycles. The normalized spacial score (nSPS) is 15.1. The fraction of sp³-hybridized carbons (Fsp3) is 0.0625. The summed E-state index contributed by atoms with van der Waals surface area (Å²) in [5.41, 5.74) is 22.7. The molecule has 0 radical (unpaired) electrons. The van der Waals surface area contributed by atoms with Crippen molar-refractivity contribution < 1.29 is 0 Å². The van der Waals surface area contributed by atoms with E-state index in [1.807, 2.05) is 0 Å². The molecule has 12 rings (SSSR count). The van der Waals surface area contributed by atoms with Crippen molar-refractivity contribution in [2.75, 3.05) is 4.90 Å². The highest BCUT2D eigenvalue weighted by atomic mass is 15.1. The van der Waals surface area contributed by atoms with Crippen LogP contribution >= 0.6 is 0 Å². The predicted molar refractivity (Wildman–Crippen MR) is 272 cm³/mol. The largest absolute Gasteiger partial charge is 0.310 e. The van der Waals surface area contributed by atoms with Crippen LogP contribution in [0.15, 0.2) is 249 Å². The number of fused-ring (bicyclic) bond motifs is 6. The van der Waals surface area contributed by atoms with Gasteiger partial charge in [-0.15, -0.1) is 0 Å². The van der Waals surface area contributed by atoms with Crippen LogP contribution in [0.25, 0.3) is 55.6 Å². The van der Waals surface area contributed by atoms with Crippen molar-refractivity contribution in [3.63, 3.8) is 0 Å². The van der Waals surface area contributed by atoms with Crippen molar-refractivity contribution in [3.8, 4) is 55.6 Å². The van der Waals surface area contributed by atoms with Gasteiger partial charge in [0.05, 0.1) is 11.1 Å². The molecule has 0 bridgehead atoms. The van der Waals surface area contributed by atoms with Crippen molar-refractivity contribution in [1.29, 1.82) is 0 Å². The molecule has 0 saturated heterocycles. The summed E-state index contributed by atoms with van der Waals surface area (Å²) in [6.45, 7) is 4.72. The standard InChI is InChI=1S/C64H47N/c1-63(2)57-31-17-15-29-54(57)56-42-50(39-41-58(56)63)65(61-33-18-16-28-52(61)46-22-9-4-10-23-46)51-38-40-55-60(43-51)64(48-26-13-6-14-27-48,49-36-34-45(35-37-49)44-20-7-3-8-21-44)59-32-19-30-53(62(55)59)47-24-11-5-12-25-47/h3-43H,1-2H3. The van der Waals surface area contributed by atoms with E-state index in [9.17, 15) is 0 Å². The van der Waals surface area contributed by atoms with Gasteiger partial charge < -0.3 is 4.90 Å². The molecular formula is C64H47N. The van der Waals surface area contributed by atoms with Crippen molar-refractivity contribution in [3.05, 3.63) is 282 Å². The Kier molecular flexibility index (Phi) is 9.14. The third-order valence-corrected chi connectivity index (χ3v) is 14.2. The van der Waals surface area contributed by atoms with Gasteiger partial charge in [-0.2, -0.15) is 0 Å². The van der Waals surface area contributed by atoms with Crippen molar-refractivity contribution in [2.45, 2.75) is 24.7 Å². The van der Waals surface area contributed by atoms with Gasteiger partial charge in [0.2, 0.25) is 0 Å². The van der Waals surface area contributed by atoms with Crippen LogP contribution in [-0.2, 0) is 10.8 Å². The molecule has 0 fully saturated rings. The Labute approximate surface area is 382 Å². The molecule has 10 aromatic rings. The van der Waals surface area contributed by atoms with Crippen LogP contribution in [0.2, 0.25) is 0 Å². The summed E-state index contributed by atoms with van der Waals surface area (Å²) in [5, 5.41) is 0. The van der Waals surface area contributed by atoms with E-state index < -0.39 is 5.41 Å². The number of nitrogens with zero attached hydrogens (tertiary/aromatic N) is 1. The molecule has 0 N–H and O–H groups in total. The molecule has 65 heavy (non-hydrogen) atoms. The van der Waals surface area contributed by atoms with Crippen LogP contribution in [0.3, 0.4) is 0 Å². The first-order valence-electron chi connectivity index (χ1n) is 22.8. The third kappa shape index (κ3) is 6.07. The lowest BCUT2D eigenvalue weighted by Gasteiger charge is -2.35. The van der Waals surface area contributed by atoms with E-state index in [1.165, 1.54) is 89.0 Å².